The SMILES string of the molecule is CCOCCC(OCC)C1CCCCC1. The summed E-state index contributed by atoms with van der Waals surface area (Å²) >= 11 is 0. The maximum absolute atomic E-state index is 5.85. The summed E-state index contributed by atoms with van der Waals surface area (Å²) in [6.45, 7) is 6.67. The summed E-state index contributed by atoms with van der Waals surface area (Å²) in [5.74, 6) is 0.791. The summed E-state index contributed by atoms with van der Waals surface area (Å²) in [5.41, 5.74) is 0. The lowest BCUT2D eigenvalue weighted by atomic mass is 9.84. The second-order valence-electron chi connectivity index (χ2n) is 4.38. The van der Waals surface area contributed by atoms with Gasteiger partial charge in [0.05, 0.1) is 6.10 Å². The number of hydrogen-bond acceptors (Lipinski definition) is 2. The van der Waals surface area contributed by atoms with Gasteiger partial charge in [-0.05, 0) is 39.0 Å². The first-order valence-corrected chi connectivity index (χ1v) is 6.57. The van der Waals surface area contributed by atoms with Crippen LogP contribution in [0.15, 0.2) is 0 Å². The number of hydrogen-bond donors (Lipinski definition) is 0. The Morgan fingerprint density at radius 2 is 1.80 bits per heavy atom. The molecular formula is C13H26O2. The Labute approximate surface area is 94.3 Å². The van der Waals surface area contributed by atoms with Gasteiger partial charge in [-0.15, -0.1) is 0 Å². The van der Waals surface area contributed by atoms with E-state index in [2.05, 4.69) is 13.8 Å². The smallest absolute Gasteiger partial charge is 0.0625 e. The molecule has 15 heavy (non-hydrogen) atoms. The highest BCUT2D eigenvalue weighted by atomic mass is 16.5. The van der Waals surface area contributed by atoms with Crippen LogP contribution in [0.3, 0.4) is 0 Å². The second-order valence-corrected chi connectivity index (χ2v) is 4.38. The summed E-state index contributed by atoms with van der Waals surface area (Å²) < 4.78 is 11.3. The molecule has 0 saturated heterocycles. The van der Waals surface area contributed by atoms with E-state index in [-0.39, 0.29) is 0 Å². The zero-order valence-corrected chi connectivity index (χ0v) is 10.3. The van der Waals surface area contributed by atoms with Crippen molar-refractivity contribution in [1.29, 1.82) is 0 Å². The zero-order chi connectivity index (χ0) is 10.9. The highest BCUT2D eigenvalue weighted by Crippen LogP contribution is 2.29. The average molecular weight is 214 g/mol. The molecule has 0 bridgehead atoms. The molecule has 0 aromatic heterocycles. The summed E-state index contributed by atoms with van der Waals surface area (Å²) in [5, 5.41) is 0. The maximum atomic E-state index is 5.85. The van der Waals surface area contributed by atoms with E-state index in [1.165, 1.54) is 32.1 Å². The van der Waals surface area contributed by atoms with E-state index < -0.39 is 0 Å². The van der Waals surface area contributed by atoms with Crippen LogP contribution in [0.5, 0.6) is 0 Å². The van der Waals surface area contributed by atoms with Gasteiger partial charge in [0.1, 0.15) is 0 Å². The van der Waals surface area contributed by atoms with Gasteiger partial charge < -0.3 is 9.47 Å². The highest BCUT2D eigenvalue weighted by molar-refractivity contribution is 4.74. The first-order chi connectivity index (χ1) is 7.38. The Morgan fingerprint density at radius 3 is 2.40 bits per heavy atom. The van der Waals surface area contributed by atoms with Gasteiger partial charge in [0.2, 0.25) is 0 Å². The van der Waals surface area contributed by atoms with Crippen LogP contribution in [-0.4, -0.2) is 25.9 Å². The third kappa shape index (κ3) is 4.98. The molecule has 1 atom stereocenters. The molecule has 2 nitrogen and oxygen atoms in total. The minimum atomic E-state index is 0.446. The lowest BCUT2D eigenvalue weighted by Gasteiger charge is -2.30. The molecule has 2 heteroatoms. The number of ether oxygens (including phenoxy) is 2. The standard InChI is InChI=1S/C13H26O2/c1-3-14-11-10-13(15-4-2)12-8-6-5-7-9-12/h12-13H,3-11H2,1-2H3. The molecule has 1 fully saturated rings. The molecule has 0 radical (unpaired) electrons. The Morgan fingerprint density at radius 1 is 1.07 bits per heavy atom. The van der Waals surface area contributed by atoms with Gasteiger partial charge in [0.15, 0.2) is 0 Å². The highest BCUT2D eigenvalue weighted by Gasteiger charge is 2.23. The van der Waals surface area contributed by atoms with E-state index in [0.717, 1.165) is 32.2 Å². The molecule has 0 spiro atoms. The van der Waals surface area contributed by atoms with Crippen LogP contribution in [0, 0.1) is 5.92 Å². The fourth-order valence-corrected chi connectivity index (χ4v) is 2.52. The van der Waals surface area contributed by atoms with Crippen molar-refractivity contribution >= 4 is 0 Å². The molecule has 0 aromatic carbocycles. The fourth-order valence-electron chi connectivity index (χ4n) is 2.52. The molecule has 1 rings (SSSR count). The molecule has 0 heterocycles. The predicted octanol–water partition coefficient (Wildman–Crippen LogP) is 3.40. The lowest BCUT2D eigenvalue weighted by molar-refractivity contribution is -0.0153. The van der Waals surface area contributed by atoms with Gasteiger partial charge in [-0.3, -0.25) is 0 Å². The van der Waals surface area contributed by atoms with Gasteiger partial charge in [-0.25, -0.2) is 0 Å². The van der Waals surface area contributed by atoms with Gasteiger partial charge in [0.25, 0.3) is 0 Å². The van der Waals surface area contributed by atoms with Gasteiger partial charge in [-0.1, -0.05) is 19.3 Å². The van der Waals surface area contributed by atoms with E-state index in [1.807, 2.05) is 0 Å². The largest absolute Gasteiger partial charge is 0.382 e. The third-order valence-corrected chi connectivity index (χ3v) is 3.31. The Bertz CT molecular complexity index is 141. The number of rotatable bonds is 7. The van der Waals surface area contributed by atoms with Crippen LogP contribution in [0.1, 0.15) is 52.4 Å². The van der Waals surface area contributed by atoms with Gasteiger partial charge in [0, 0.05) is 19.8 Å². The van der Waals surface area contributed by atoms with Crippen molar-refractivity contribution in [2.75, 3.05) is 19.8 Å². The normalized spacial score (nSPS) is 20.4. The van der Waals surface area contributed by atoms with Crippen LogP contribution < -0.4 is 0 Å². The van der Waals surface area contributed by atoms with Crippen LogP contribution in [-0.2, 0) is 9.47 Å². The monoisotopic (exact) mass is 214 g/mol. The van der Waals surface area contributed by atoms with Gasteiger partial charge in [-0.2, -0.15) is 0 Å². The average Bonchev–Trinajstić information content (AvgIpc) is 2.29. The maximum Gasteiger partial charge on any atom is 0.0625 e. The molecule has 1 saturated carbocycles. The van der Waals surface area contributed by atoms with Crippen molar-refractivity contribution in [3.05, 3.63) is 0 Å². The van der Waals surface area contributed by atoms with E-state index in [4.69, 9.17) is 9.47 Å². The summed E-state index contributed by atoms with van der Waals surface area (Å²) in [4.78, 5) is 0. The van der Waals surface area contributed by atoms with Crippen LogP contribution in [0.4, 0.5) is 0 Å². The van der Waals surface area contributed by atoms with Crippen molar-refractivity contribution in [2.45, 2.75) is 58.5 Å². The summed E-state index contributed by atoms with van der Waals surface area (Å²) in [6, 6.07) is 0. The Kier molecular flexibility index (Phi) is 7.03. The molecule has 0 amide bonds. The van der Waals surface area contributed by atoms with E-state index in [9.17, 15) is 0 Å². The van der Waals surface area contributed by atoms with Gasteiger partial charge >= 0.3 is 0 Å². The van der Waals surface area contributed by atoms with E-state index in [1.54, 1.807) is 0 Å². The molecule has 0 aromatic rings. The molecule has 1 aliphatic rings. The topological polar surface area (TPSA) is 18.5 Å². The van der Waals surface area contributed by atoms with Crippen molar-refractivity contribution in [2.24, 2.45) is 5.92 Å². The van der Waals surface area contributed by atoms with Crippen LogP contribution in [0.2, 0.25) is 0 Å². The molecule has 0 N–H and O–H groups in total. The molecule has 0 aliphatic heterocycles. The first kappa shape index (κ1) is 13.0. The fraction of sp³-hybridized carbons (Fsp3) is 1.00. The van der Waals surface area contributed by atoms with Crippen LogP contribution in [0.25, 0.3) is 0 Å². The van der Waals surface area contributed by atoms with Crippen molar-refractivity contribution in [1.82, 2.24) is 0 Å². The van der Waals surface area contributed by atoms with E-state index in [0.29, 0.717) is 6.10 Å². The molecule has 1 aliphatic carbocycles. The lowest BCUT2D eigenvalue weighted by Crippen LogP contribution is -2.27. The van der Waals surface area contributed by atoms with Crippen molar-refractivity contribution in [3.8, 4) is 0 Å². The van der Waals surface area contributed by atoms with Crippen LogP contribution >= 0.6 is 0 Å². The summed E-state index contributed by atoms with van der Waals surface area (Å²) in [6.07, 6.45) is 8.44. The minimum absolute atomic E-state index is 0.446. The minimum Gasteiger partial charge on any atom is -0.382 e. The first-order valence-electron chi connectivity index (χ1n) is 6.57. The van der Waals surface area contributed by atoms with E-state index >= 15 is 0 Å². The molecule has 90 valence electrons. The molecular weight excluding hydrogens is 188 g/mol. The summed E-state index contributed by atoms with van der Waals surface area (Å²) in [7, 11) is 0. The predicted molar refractivity (Wildman–Crippen MR) is 63.1 cm³/mol. The molecule has 1 unspecified atom stereocenters. The van der Waals surface area contributed by atoms with Crippen molar-refractivity contribution < 1.29 is 9.47 Å². The second kappa shape index (κ2) is 8.12. The zero-order valence-electron chi connectivity index (χ0n) is 10.3. The Hall–Kier alpha value is -0.0800. The Balaban J connectivity index is 2.26. The quantitative estimate of drug-likeness (QED) is 0.605. The third-order valence-electron chi connectivity index (χ3n) is 3.31. The van der Waals surface area contributed by atoms with Crippen molar-refractivity contribution in [3.63, 3.8) is 0 Å².